The predicted octanol–water partition coefficient (Wildman–Crippen LogP) is 2.05. The van der Waals surface area contributed by atoms with Crippen LogP contribution in [0.5, 0.6) is 5.75 Å². The van der Waals surface area contributed by atoms with Crippen LogP contribution >= 0.6 is 0 Å². The Morgan fingerprint density at radius 1 is 1.53 bits per heavy atom. The van der Waals surface area contributed by atoms with E-state index in [-0.39, 0.29) is 28.2 Å². The van der Waals surface area contributed by atoms with Crippen molar-refractivity contribution in [2.75, 3.05) is 7.11 Å². The molecule has 7 heteroatoms. The third-order valence-corrected chi connectivity index (χ3v) is 2.24. The summed E-state index contributed by atoms with van der Waals surface area (Å²) in [4.78, 5) is 20.9. The van der Waals surface area contributed by atoms with Gasteiger partial charge in [-0.1, -0.05) is 0 Å². The molecule has 0 fully saturated rings. The van der Waals surface area contributed by atoms with Crippen molar-refractivity contribution in [2.24, 2.45) is 0 Å². The van der Waals surface area contributed by atoms with Crippen molar-refractivity contribution in [3.63, 3.8) is 0 Å². The average molecular weight is 237 g/mol. The topological polar surface area (TPSA) is 103 Å². The summed E-state index contributed by atoms with van der Waals surface area (Å²) in [6.07, 6.45) is 0. The molecule has 0 saturated heterocycles. The summed E-state index contributed by atoms with van der Waals surface area (Å²) in [6, 6.07) is 3.78. The molecule has 0 unspecified atom stereocenters. The highest BCUT2D eigenvalue weighted by molar-refractivity contribution is 5.98. The molecule has 0 radical (unpaired) electrons. The quantitative estimate of drug-likeness (QED) is 0.647. The maximum atomic E-state index is 10.9. The zero-order chi connectivity index (χ0) is 12.6. The molecule has 0 bridgehead atoms. The maximum Gasteiger partial charge on any atom is 0.375 e. The highest BCUT2D eigenvalue weighted by atomic mass is 16.6. The van der Waals surface area contributed by atoms with Crippen molar-refractivity contribution >= 4 is 22.6 Å². The number of nitrogens with zero attached hydrogens (tertiary/aromatic N) is 1. The molecule has 2 aromatic rings. The standard InChI is InChI=1S/C10H7NO6/c1-16-8-6-4-5(11(14)15)2-3-7(6)17-9(8)10(12)13/h2-4H,1H3,(H,12,13). The predicted molar refractivity (Wildman–Crippen MR) is 56.4 cm³/mol. The fraction of sp³-hybridized carbons (Fsp3) is 0.100. The number of carboxylic acids is 1. The van der Waals surface area contributed by atoms with Crippen LogP contribution in [-0.2, 0) is 0 Å². The lowest BCUT2D eigenvalue weighted by molar-refractivity contribution is -0.384. The van der Waals surface area contributed by atoms with Crippen LogP contribution in [0.1, 0.15) is 10.6 Å². The number of aromatic carboxylic acids is 1. The smallest absolute Gasteiger partial charge is 0.375 e. The van der Waals surface area contributed by atoms with Gasteiger partial charge in [-0.2, -0.15) is 0 Å². The molecule has 17 heavy (non-hydrogen) atoms. The second-order valence-corrected chi connectivity index (χ2v) is 3.21. The molecular formula is C10H7NO6. The van der Waals surface area contributed by atoms with E-state index in [2.05, 4.69) is 0 Å². The lowest BCUT2D eigenvalue weighted by Gasteiger charge is -1.96. The first-order chi connectivity index (χ1) is 8.04. The summed E-state index contributed by atoms with van der Waals surface area (Å²) in [7, 11) is 1.27. The number of carbonyl (C=O) groups is 1. The summed E-state index contributed by atoms with van der Waals surface area (Å²) in [5.41, 5.74) is 0.0680. The molecule has 0 amide bonds. The molecule has 7 nitrogen and oxygen atoms in total. The van der Waals surface area contributed by atoms with Crippen LogP contribution in [0.25, 0.3) is 11.0 Å². The summed E-state index contributed by atoms with van der Waals surface area (Å²) in [6.45, 7) is 0. The van der Waals surface area contributed by atoms with E-state index in [1.54, 1.807) is 0 Å². The fourth-order valence-electron chi connectivity index (χ4n) is 1.52. The van der Waals surface area contributed by atoms with Crippen LogP contribution in [0, 0.1) is 10.1 Å². The largest absolute Gasteiger partial charge is 0.492 e. The zero-order valence-corrected chi connectivity index (χ0v) is 8.67. The highest BCUT2D eigenvalue weighted by Gasteiger charge is 2.22. The van der Waals surface area contributed by atoms with Gasteiger partial charge in [0.2, 0.25) is 0 Å². The second kappa shape index (κ2) is 3.78. The Morgan fingerprint density at radius 3 is 2.76 bits per heavy atom. The number of fused-ring (bicyclic) bond motifs is 1. The monoisotopic (exact) mass is 237 g/mol. The van der Waals surface area contributed by atoms with Gasteiger partial charge in [-0.25, -0.2) is 4.79 Å². The molecule has 1 heterocycles. The lowest BCUT2D eigenvalue weighted by Crippen LogP contribution is -1.96. The first-order valence-electron chi connectivity index (χ1n) is 4.53. The zero-order valence-electron chi connectivity index (χ0n) is 8.67. The summed E-state index contributed by atoms with van der Waals surface area (Å²) < 4.78 is 9.94. The summed E-state index contributed by atoms with van der Waals surface area (Å²) in [5, 5.41) is 19.7. The minimum absolute atomic E-state index is 0.0174. The molecular weight excluding hydrogens is 230 g/mol. The number of benzene rings is 1. The van der Waals surface area contributed by atoms with Gasteiger partial charge in [-0.15, -0.1) is 0 Å². The van der Waals surface area contributed by atoms with E-state index in [1.165, 1.54) is 25.3 Å². The van der Waals surface area contributed by atoms with Crippen LogP contribution in [0.4, 0.5) is 5.69 Å². The molecule has 0 aliphatic heterocycles. The number of ether oxygens (including phenoxy) is 1. The number of carboxylic acid groups (broad SMARTS) is 1. The molecule has 0 aliphatic carbocycles. The Morgan fingerprint density at radius 2 is 2.24 bits per heavy atom. The van der Waals surface area contributed by atoms with Gasteiger partial charge in [0.15, 0.2) is 5.75 Å². The van der Waals surface area contributed by atoms with Gasteiger partial charge in [0.1, 0.15) is 5.58 Å². The number of hydrogen-bond donors (Lipinski definition) is 1. The van der Waals surface area contributed by atoms with Crippen molar-refractivity contribution in [1.29, 1.82) is 0 Å². The molecule has 0 spiro atoms. The van der Waals surface area contributed by atoms with E-state index < -0.39 is 10.9 Å². The van der Waals surface area contributed by atoms with Gasteiger partial charge in [0.05, 0.1) is 17.4 Å². The highest BCUT2D eigenvalue weighted by Crippen LogP contribution is 2.35. The maximum absolute atomic E-state index is 10.9. The van der Waals surface area contributed by atoms with Gasteiger partial charge in [-0.05, 0) is 6.07 Å². The number of nitro groups is 1. The van der Waals surface area contributed by atoms with Gasteiger partial charge in [-0.3, -0.25) is 10.1 Å². The van der Waals surface area contributed by atoms with Crippen LogP contribution in [-0.4, -0.2) is 23.1 Å². The lowest BCUT2D eigenvalue weighted by atomic mass is 10.2. The van der Waals surface area contributed by atoms with Crippen molar-refractivity contribution in [3.8, 4) is 5.75 Å². The minimum Gasteiger partial charge on any atom is -0.492 e. The SMILES string of the molecule is COc1c(C(=O)O)oc2ccc([N+](=O)[O-])cc12. The van der Waals surface area contributed by atoms with E-state index in [9.17, 15) is 14.9 Å². The minimum atomic E-state index is -1.29. The van der Waals surface area contributed by atoms with Crippen LogP contribution in [0.2, 0.25) is 0 Å². The molecule has 1 N–H and O–H groups in total. The fourth-order valence-corrected chi connectivity index (χ4v) is 1.52. The Labute approximate surface area is 94.4 Å². The van der Waals surface area contributed by atoms with E-state index >= 15 is 0 Å². The first-order valence-corrected chi connectivity index (χ1v) is 4.53. The number of furan rings is 1. The van der Waals surface area contributed by atoms with Crippen LogP contribution < -0.4 is 4.74 Å². The summed E-state index contributed by atoms with van der Waals surface area (Å²) in [5.74, 6) is -1.68. The average Bonchev–Trinajstić information content (AvgIpc) is 2.66. The molecule has 0 saturated carbocycles. The number of hydrogen-bond acceptors (Lipinski definition) is 5. The molecule has 0 aliphatic rings. The molecule has 1 aromatic carbocycles. The van der Waals surface area contributed by atoms with Crippen molar-refractivity contribution in [1.82, 2.24) is 0 Å². The first kappa shape index (κ1) is 10.9. The van der Waals surface area contributed by atoms with Crippen LogP contribution in [0.3, 0.4) is 0 Å². The van der Waals surface area contributed by atoms with E-state index in [4.69, 9.17) is 14.3 Å². The van der Waals surface area contributed by atoms with Gasteiger partial charge >= 0.3 is 5.97 Å². The Bertz CT molecular complexity index is 615. The van der Waals surface area contributed by atoms with E-state index in [0.29, 0.717) is 0 Å². The molecule has 0 atom stereocenters. The summed E-state index contributed by atoms with van der Waals surface area (Å²) >= 11 is 0. The van der Waals surface area contributed by atoms with Gasteiger partial charge in [0.25, 0.3) is 11.4 Å². The third kappa shape index (κ3) is 1.67. The Hall–Kier alpha value is -2.57. The Balaban J connectivity index is 2.75. The third-order valence-electron chi connectivity index (χ3n) is 2.24. The van der Waals surface area contributed by atoms with E-state index in [1.807, 2.05) is 0 Å². The van der Waals surface area contributed by atoms with Crippen molar-refractivity contribution < 1.29 is 24.0 Å². The van der Waals surface area contributed by atoms with Crippen molar-refractivity contribution in [3.05, 3.63) is 34.1 Å². The number of rotatable bonds is 3. The molecule has 1 aromatic heterocycles. The van der Waals surface area contributed by atoms with E-state index in [0.717, 1.165) is 0 Å². The number of methoxy groups -OCH3 is 1. The molecule has 88 valence electrons. The second-order valence-electron chi connectivity index (χ2n) is 3.21. The number of nitro benzene ring substituents is 1. The normalized spacial score (nSPS) is 10.4. The van der Waals surface area contributed by atoms with Crippen LogP contribution in [0.15, 0.2) is 22.6 Å². The van der Waals surface area contributed by atoms with Gasteiger partial charge < -0.3 is 14.3 Å². The number of non-ortho nitro benzene ring substituents is 1. The van der Waals surface area contributed by atoms with Gasteiger partial charge in [0, 0.05) is 12.1 Å². The Kier molecular flexibility index (Phi) is 2.43. The molecule has 2 rings (SSSR count). The van der Waals surface area contributed by atoms with Crippen molar-refractivity contribution in [2.45, 2.75) is 0 Å².